The average Bonchev–Trinajstić information content (AvgIpc) is 1.91. The predicted octanol–water partition coefficient (Wildman–Crippen LogP) is 3.36. The Morgan fingerprint density at radius 2 is 1.92 bits per heavy atom. The Morgan fingerprint density at radius 1 is 1.31 bits per heavy atom. The molecule has 0 spiro atoms. The van der Waals surface area contributed by atoms with Crippen molar-refractivity contribution in [3.8, 4) is 0 Å². The van der Waals surface area contributed by atoms with E-state index in [0.29, 0.717) is 11.3 Å². The summed E-state index contributed by atoms with van der Waals surface area (Å²) in [4.78, 5) is 0. The van der Waals surface area contributed by atoms with Gasteiger partial charge in [-0.05, 0) is 37.5 Å². The van der Waals surface area contributed by atoms with Gasteiger partial charge >= 0.3 is 0 Å². The fourth-order valence-corrected chi connectivity index (χ4v) is 2.45. The Balaban J connectivity index is 2.56. The highest BCUT2D eigenvalue weighted by Gasteiger charge is 2.36. The first-order valence-corrected chi connectivity index (χ1v) is 5.54. The van der Waals surface area contributed by atoms with Crippen LogP contribution < -0.4 is 0 Å². The SMILES string of the molecule is CC(C)(C)C[C@H]1CCCC[C@]1(C)O. The van der Waals surface area contributed by atoms with Crippen molar-refractivity contribution in [1.82, 2.24) is 0 Å². The van der Waals surface area contributed by atoms with Crippen LogP contribution in [0.4, 0.5) is 0 Å². The van der Waals surface area contributed by atoms with Gasteiger partial charge in [-0.1, -0.05) is 33.6 Å². The second-order valence-corrected chi connectivity index (χ2v) is 6.06. The van der Waals surface area contributed by atoms with Crippen LogP contribution in [0.1, 0.15) is 59.8 Å². The van der Waals surface area contributed by atoms with Gasteiger partial charge in [-0.15, -0.1) is 0 Å². The summed E-state index contributed by atoms with van der Waals surface area (Å²) in [6, 6.07) is 0. The summed E-state index contributed by atoms with van der Waals surface area (Å²) in [7, 11) is 0. The van der Waals surface area contributed by atoms with Crippen molar-refractivity contribution in [1.29, 1.82) is 0 Å². The van der Waals surface area contributed by atoms with Crippen LogP contribution in [0.25, 0.3) is 0 Å². The van der Waals surface area contributed by atoms with Crippen LogP contribution >= 0.6 is 0 Å². The Labute approximate surface area is 82.5 Å². The first-order valence-electron chi connectivity index (χ1n) is 5.54. The zero-order valence-corrected chi connectivity index (χ0v) is 9.56. The molecule has 0 aromatic heterocycles. The molecule has 1 aliphatic rings. The molecule has 0 radical (unpaired) electrons. The maximum Gasteiger partial charge on any atom is 0.0648 e. The Hall–Kier alpha value is -0.0400. The summed E-state index contributed by atoms with van der Waals surface area (Å²) >= 11 is 0. The number of hydrogen-bond acceptors (Lipinski definition) is 1. The normalized spacial score (nSPS) is 36.2. The van der Waals surface area contributed by atoms with Gasteiger partial charge in [0.1, 0.15) is 0 Å². The molecule has 0 amide bonds. The van der Waals surface area contributed by atoms with Crippen LogP contribution in [0.5, 0.6) is 0 Å². The van der Waals surface area contributed by atoms with Gasteiger partial charge in [0.25, 0.3) is 0 Å². The van der Waals surface area contributed by atoms with Crippen LogP contribution in [0, 0.1) is 11.3 Å². The molecule has 13 heavy (non-hydrogen) atoms. The van der Waals surface area contributed by atoms with Crippen LogP contribution in [-0.4, -0.2) is 10.7 Å². The van der Waals surface area contributed by atoms with Gasteiger partial charge in [-0.2, -0.15) is 0 Å². The van der Waals surface area contributed by atoms with Gasteiger partial charge in [0.2, 0.25) is 0 Å². The molecule has 1 saturated carbocycles. The molecule has 0 bridgehead atoms. The summed E-state index contributed by atoms with van der Waals surface area (Å²) in [5.41, 5.74) is -0.0441. The van der Waals surface area contributed by atoms with E-state index >= 15 is 0 Å². The lowest BCUT2D eigenvalue weighted by Gasteiger charge is -2.40. The smallest absolute Gasteiger partial charge is 0.0648 e. The quantitative estimate of drug-likeness (QED) is 0.662. The first kappa shape index (κ1) is 11.0. The van der Waals surface area contributed by atoms with Crippen LogP contribution in [-0.2, 0) is 0 Å². The molecule has 1 heteroatoms. The van der Waals surface area contributed by atoms with Crippen LogP contribution in [0.2, 0.25) is 0 Å². The van der Waals surface area contributed by atoms with Gasteiger partial charge in [-0.25, -0.2) is 0 Å². The summed E-state index contributed by atoms with van der Waals surface area (Å²) in [6.45, 7) is 8.80. The molecule has 0 heterocycles. The van der Waals surface area contributed by atoms with Crippen molar-refractivity contribution < 1.29 is 5.11 Å². The van der Waals surface area contributed by atoms with Crippen molar-refractivity contribution in [2.45, 2.75) is 65.4 Å². The molecule has 78 valence electrons. The van der Waals surface area contributed by atoms with Gasteiger partial charge in [0.05, 0.1) is 5.60 Å². The molecule has 1 fully saturated rings. The number of aliphatic hydroxyl groups is 1. The summed E-state index contributed by atoms with van der Waals surface area (Å²) in [6.07, 6.45) is 5.86. The van der Waals surface area contributed by atoms with Gasteiger partial charge in [-0.3, -0.25) is 0 Å². The third-order valence-electron chi connectivity index (χ3n) is 3.22. The Morgan fingerprint density at radius 3 is 2.38 bits per heavy atom. The van der Waals surface area contributed by atoms with Crippen LogP contribution in [0.15, 0.2) is 0 Å². The monoisotopic (exact) mass is 184 g/mol. The molecule has 1 rings (SSSR count). The second-order valence-electron chi connectivity index (χ2n) is 6.06. The minimum absolute atomic E-state index is 0.353. The lowest BCUT2D eigenvalue weighted by atomic mass is 9.70. The number of hydrogen-bond donors (Lipinski definition) is 1. The lowest BCUT2D eigenvalue weighted by Crippen LogP contribution is -2.39. The predicted molar refractivity (Wildman–Crippen MR) is 56.7 cm³/mol. The van der Waals surface area contributed by atoms with Crippen molar-refractivity contribution in [3.63, 3.8) is 0 Å². The topological polar surface area (TPSA) is 20.2 Å². The molecule has 1 aliphatic carbocycles. The number of rotatable bonds is 1. The van der Waals surface area contributed by atoms with Gasteiger partial charge < -0.3 is 5.11 Å². The Kier molecular flexibility index (Phi) is 3.06. The maximum atomic E-state index is 10.2. The van der Waals surface area contributed by atoms with Gasteiger partial charge in [0.15, 0.2) is 0 Å². The molecular weight excluding hydrogens is 160 g/mol. The van der Waals surface area contributed by atoms with Crippen molar-refractivity contribution in [2.24, 2.45) is 11.3 Å². The molecular formula is C12H24O. The van der Waals surface area contributed by atoms with Crippen molar-refractivity contribution in [3.05, 3.63) is 0 Å². The summed E-state index contributed by atoms with van der Waals surface area (Å²) < 4.78 is 0. The fourth-order valence-electron chi connectivity index (χ4n) is 2.45. The van der Waals surface area contributed by atoms with Gasteiger partial charge in [0, 0.05) is 0 Å². The van der Waals surface area contributed by atoms with Crippen LogP contribution in [0.3, 0.4) is 0 Å². The molecule has 1 N–H and O–H groups in total. The molecule has 0 aliphatic heterocycles. The highest BCUT2D eigenvalue weighted by molar-refractivity contribution is 4.88. The van der Waals surface area contributed by atoms with E-state index in [9.17, 15) is 5.11 Å². The largest absolute Gasteiger partial charge is 0.390 e. The zero-order chi connectivity index (χ0) is 10.1. The third kappa shape index (κ3) is 3.30. The van der Waals surface area contributed by atoms with Crippen molar-refractivity contribution >= 4 is 0 Å². The molecule has 1 nitrogen and oxygen atoms in total. The van der Waals surface area contributed by atoms with Crippen molar-refractivity contribution in [2.75, 3.05) is 0 Å². The molecule has 2 atom stereocenters. The zero-order valence-electron chi connectivity index (χ0n) is 9.56. The highest BCUT2D eigenvalue weighted by Crippen LogP contribution is 2.40. The standard InChI is InChI=1S/C12H24O/c1-11(2,3)9-10-7-5-6-8-12(10,4)13/h10,13H,5-9H2,1-4H3/t10-,12+/m1/s1. The Bertz CT molecular complexity index is 164. The minimum Gasteiger partial charge on any atom is -0.390 e. The second kappa shape index (κ2) is 3.61. The molecule has 0 aromatic carbocycles. The van der Waals surface area contributed by atoms with E-state index in [1.807, 2.05) is 6.92 Å². The fraction of sp³-hybridized carbons (Fsp3) is 1.00. The average molecular weight is 184 g/mol. The summed E-state index contributed by atoms with van der Waals surface area (Å²) in [5.74, 6) is 0.515. The van der Waals surface area contributed by atoms with E-state index in [0.717, 1.165) is 12.8 Å². The molecule has 0 aromatic rings. The summed E-state index contributed by atoms with van der Waals surface area (Å²) in [5, 5.41) is 10.2. The van der Waals surface area contributed by atoms with E-state index in [-0.39, 0.29) is 0 Å². The highest BCUT2D eigenvalue weighted by atomic mass is 16.3. The van der Waals surface area contributed by atoms with E-state index < -0.39 is 5.60 Å². The van der Waals surface area contributed by atoms with E-state index in [1.54, 1.807) is 0 Å². The molecule has 0 saturated heterocycles. The first-order chi connectivity index (χ1) is 5.81. The minimum atomic E-state index is -0.397. The van der Waals surface area contributed by atoms with E-state index in [4.69, 9.17) is 0 Å². The molecule has 0 unspecified atom stereocenters. The van der Waals surface area contributed by atoms with E-state index in [1.165, 1.54) is 19.3 Å². The maximum absolute atomic E-state index is 10.2. The third-order valence-corrected chi connectivity index (χ3v) is 3.22. The lowest BCUT2D eigenvalue weighted by molar-refractivity contribution is -0.0462. The van der Waals surface area contributed by atoms with E-state index in [2.05, 4.69) is 20.8 Å².